The Labute approximate surface area is 131 Å². The van der Waals surface area contributed by atoms with Gasteiger partial charge in [-0.3, -0.25) is 9.59 Å². The molecule has 0 aliphatic rings. The Hall–Kier alpha value is -2.32. The average Bonchev–Trinajstić information content (AvgIpc) is 2.40. The highest BCUT2D eigenvalue weighted by molar-refractivity contribution is 5.96. The molecule has 0 aromatic carbocycles. The van der Waals surface area contributed by atoms with Crippen molar-refractivity contribution < 1.29 is 27.5 Å². The molecule has 1 heterocycles. The van der Waals surface area contributed by atoms with Crippen LogP contribution < -0.4 is 15.4 Å². The predicted octanol–water partition coefficient (Wildman–Crippen LogP) is 1.67. The largest absolute Gasteiger partial charge is 0.468 e. The lowest BCUT2D eigenvalue weighted by molar-refractivity contribution is -0.154. The van der Waals surface area contributed by atoms with Crippen LogP contribution in [-0.2, 0) is 4.79 Å². The fourth-order valence-corrected chi connectivity index (χ4v) is 1.48. The van der Waals surface area contributed by atoms with Crippen molar-refractivity contribution in [2.45, 2.75) is 32.5 Å². The molecule has 9 heteroatoms. The number of pyridine rings is 1. The van der Waals surface area contributed by atoms with E-state index in [2.05, 4.69) is 20.4 Å². The molecule has 23 heavy (non-hydrogen) atoms. The normalized spacial score (nSPS) is 11.7. The van der Waals surface area contributed by atoms with E-state index in [-0.39, 0.29) is 23.9 Å². The smallest absolute Gasteiger partial charge is 0.422 e. The van der Waals surface area contributed by atoms with Gasteiger partial charge in [0.1, 0.15) is 0 Å². The number of hydrogen-bond donors (Lipinski definition) is 2. The summed E-state index contributed by atoms with van der Waals surface area (Å²) in [5, 5.41) is 5.06. The second-order valence-corrected chi connectivity index (χ2v) is 5.77. The third-order valence-electron chi connectivity index (χ3n) is 2.31. The molecule has 0 saturated carbocycles. The molecule has 2 amide bonds. The zero-order chi connectivity index (χ0) is 17.7. The van der Waals surface area contributed by atoms with E-state index >= 15 is 0 Å². The van der Waals surface area contributed by atoms with Crippen molar-refractivity contribution >= 4 is 11.8 Å². The van der Waals surface area contributed by atoms with Crippen LogP contribution in [0.25, 0.3) is 0 Å². The number of aromatic nitrogens is 1. The second-order valence-electron chi connectivity index (χ2n) is 5.77. The van der Waals surface area contributed by atoms with Crippen molar-refractivity contribution in [2.24, 2.45) is 0 Å². The topological polar surface area (TPSA) is 80.3 Å². The van der Waals surface area contributed by atoms with Crippen molar-refractivity contribution in [1.29, 1.82) is 0 Å². The molecule has 0 aliphatic heterocycles. The summed E-state index contributed by atoms with van der Waals surface area (Å²) in [5.41, 5.74) is -0.311. The second kappa shape index (κ2) is 7.30. The van der Waals surface area contributed by atoms with Gasteiger partial charge in [0.15, 0.2) is 6.61 Å². The average molecular weight is 333 g/mol. The minimum absolute atomic E-state index is 0.105. The third-order valence-corrected chi connectivity index (χ3v) is 2.31. The van der Waals surface area contributed by atoms with Crippen LogP contribution in [0, 0.1) is 0 Å². The molecule has 1 rings (SSSR count). The number of nitrogens with zero attached hydrogens (tertiary/aromatic N) is 1. The summed E-state index contributed by atoms with van der Waals surface area (Å²) in [6, 6.07) is 2.41. The fourth-order valence-electron chi connectivity index (χ4n) is 1.48. The van der Waals surface area contributed by atoms with E-state index in [0.717, 1.165) is 12.3 Å². The van der Waals surface area contributed by atoms with Crippen molar-refractivity contribution in [2.75, 3.05) is 13.2 Å². The Kier molecular flexibility index (Phi) is 5.94. The maximum absolute atomic E-state index is 12.0. The van der Waals surface area contributed by atoms with E-state index in [9.17, 15) is 22.8 Å². The first-order valence-electron chi connectivity index (χ1n) is 6.71. The molecule has 6 nitrogen and oxygen atoms in total. The number of rotatable bonds is 5. The van der Waals surface area contributed by atoms with Gasteiger partial charge in [-0.05, 0) is 26.8 Å². The van der Waals surface area contributed by atoms with Gasteiger partial charge in [0, 0.05) is 17.8 Å². The minimum Gasteiger partial charge on any atom is -0.468 e. The highest BCUT2D eigenvalue weighted by atomic mass is 19.4. The van der Waals surface area contributed by atoms with Gasteiger partial charge in [0.05, 0.1) is 12.1 Å². The van der Waals surface area contributed by atoms with Crippen molar-refractivity contribution in [3.8, 4) is 5.88 Å². The van der Waals surface area contributed by atoms with Gasteiger partial charge in [-0.15, -0.1) is 0 Å². The van der Waals surface area contributed by atoms with E-state index in [1.807, 2.05) is 0 Å². The Balaban J connectivity index is 2.50. The fraction of sp³-hybridized carbons (Fsp3) is 0.500. The lowest BCUT2D eigenvalue weighted by atomic mass is 10.1. The van der Waals surface area contributed by atoms with E-state index < -0.39 is 24.2 Å². The molecule has 0 saturated heterocycles. The van der Waals surface area contributed by atoms with Crippen LogP contribution in [0.1, 0.15) is 31.1 Å². The van der Waals surface area contributed by atoms with Crippen LogP contribution >= 0.6 is 0 Å². The van der Waals surface area contributed by atoms with E-state index in [1.165, 1.54) is 6.07 Å². The first-order valence-corrected chi connectivity index (χ1v) is 6.71. The molecule has 1 aromatic rings. The minimum atomic E-state index is -4.46. The molecule has 128 valence electrons. The van der Waals surface area contributed by atoms with Crippen molar-refractivity contribution in [3.63, 3.8) is 0 Å². The molecule has 0 fully saturated rings. The van der Waals surface area contributed by atoms with Gasteiger partial charge in [-0.25, -0.2) is 4.98 Å². The number of hydrogen-bond acceptors (Lipinski definition) is 4. The number of carbonyl (C=O) groups is 2. The number of amides is 2. The van der Waals surface area contributed by atoms with Crippen LogP contribution in [0.15, 0.2) is 18.3 Å². The van der Waals surface area contributed by atoms with Gasteiger partial charge in [0.25, 0.3) is 5.91 Å². The van der Waals surface area contributed by atoms with Gasteiger partial charge in [-0.2, -0.15) is 13.2 Å². The number of alkyl halides is 3. The molecule has 0 unspecified atom stereocenters. The maximum atomic E-state index is 12.0. The molecular weight excluding hydrogens is 315 g/mol. The first kappa shape index (κ1) is 18.7. The number of ether oxygens (including phenoxy) is 1. The highest BCUT2D eigenvalue weighted by Crippen LogP contribution is 2.16. The Morgan fingerprint density at radius 1 is 1.22 bits per heavy atom. The summed E-state index contributed by atoms with van der Waals surface area (Å²) >= 11 is 0. The zero-order valence-electron chi connectivity index (χ0n) is 13.0. The standard InChI is InChI=1S/C14H18F3N3O3/c1-13(2,3)20-10(21)7-19-12(22)9-4-5-11(18-6-9)23-8-14(15,16)17/h4-6H,7-8H2,1-3H3,(H,19,22)(H,20,21). The molecule has 2 N–H and O–H groups in total. The van der Waals surface area contributed by atoms with Gasteiger partial charge in [-0.1, -0.05) is 0 Å². The molecular formula is C14H18F3N3O3. The summed E-state index contributed by atoms with van der Waals surface area (Å²) in [6.45, 7) is 3.73. The molecule has 1 aromatic heterocycles. The zero-order valence-corrected chi connectivity index (χ0v) is 13.0. The maximum Gasteiger partial charge on any atom is 0.422 e. The lowest BCUT2D eigenvalue weighted by Crippen LogP contribution is -2.45. The molecule has 0 bridgehead atoms. The van der Waals surface area contributed by atoms with Gasteiger partial charge >= 0.3 is 6.18 Å². The van der Waals surface area contributed by atoms with Crippen LogP contribution in [0.3, 0.4) is 0 Å². The number of nitrogens with one attached hydrogen (secondary N) is 2. The molecule has 0 atom stereocenters. The number of carbonyl (C=O) groups excluding carboxylic acids is 2. The SMILES string of the molecule is CC(C)(C)NC(=O)CNC(=O)c1ccc(OCC(F)(F)F)nc1. The Bertz CT molecular complexity index is 551. The van der Waals surface area contributed by atoms with E-state index in [4.69, 9.17) is 0 Å². The van der Waals surface area contributed by atoms with Crippen LogP contribution in [0.4, 0.5) is 13.2 Å². The van der Waals surface area contributed by atoms with Gasteiger partial charge < -0.3 is 15.4 Å². The summed E-state index contributed by atoms with van der Waals surface area (Å²) in [7, 11) is 0. The number of halogens is 3. The van der Waals surface area contributed by atoms with Crippen LogP contribution in [0.5, 0.6) is 5.88 Å². The van der Waals surface area contributed by atoms with Crippen LogP contribution in [-0.4, -0.2) is 41.7 Å². The van der Waals surface area contributed by atoms with Gasteiger partial charge in [0.2, 0.25) is 11.8 Å². The summed E-state index contributed by atoms with van der Waals surface area (Å²) in [4.78, 5) is 27.0. The van der Waals surface area contributed by atoms with E-state index in [0.29, 0.717) is 0 Å². The summed E-state index contributed by atoms with van der Waals surface area (Å²) < 4.78 is 40.4. The third kappa shape index (κ3) is 8.03. The summed E-state index contributed by atoms with van der Waals surface area (Å²) in [5.74, 6) is -1.17. The lowest BCUT2D eigenvalue weighted by Gasteiger charge is -2.20. The molecule has 0 spiro atoms. The van der Waals surface area contributed by atoms with Crippen molar-refractivity contribution in [1.82, 2.24) is 15.6 Å². The van der Waals surface area contributed by atoms with E-state index in [1.54, 1.807) is 20.8 Å². The molecule has 0 radical (unpaired) electrons. The quantitative estimate of drug-likeness (QED) is 0.859. The predicted molar refractivity (Wildman–Crippen MR) is 76.0 cm³/mol. The first-order chi connectivity index (χ1) is 10.5. The Morgan fingerprint density at radius 2 is 1.87 bits per heavy atom. The summed E-state index contributed by atoms with van der Waals surface area (Å²) in [6.07, 6.45) is -3.39. The van der Waals surface area contributed by atoms with Crippen molar-refractivity contribution in [3.05, 3.63) is 23.9 Å². The monoisotopic (exact) mass is 333 g/mol. The highest BCUT2D eigenvalue weighted by Gasteiger charge is 2.28. The molecule has 0 aliphatic carbocycles. The Morgan fingerprint density at radius 3 is 2.35 bits per heavy atom. The van der Waals surface area contributed by atoms with Crippen LogP contribution in [0.2, 0.25) is 0 Å².